The van der Waals surface area contributed by atoms with Gasteiger partial charge in [-0.25, -0.2) is 0 Å². The minimum Gasteiger partial charge on any atom is -0.394 e. The molecule has 0 unspecified atom stereocenters. The highest BCUT2D eigenvalue weighted by atomic mass is 16.6. The Hall–Kier alpha value is -0.900. The third-order valence-corrected chi connectivity index (χ3v) is 5.76. The van der Waals surface area contributed by atoms with Crippen molar-refractivity contribution in [2.75, 3.05) is 13.2 Å². The number of hydrogen-bond acceptors (Lipinski definition) is 3. The van der Waals surface area contributed by atoms with Gasteiger partial charge in [0.2, 0.25) is 0 Å². The highest BCUT2D eigenvalue weighted by Crippen LogP contribution is 2.66. The number of benzene rings is 1. The summed E-state index contributed by atoms with van der Waals surface area (Å²) in [5, 5.41) is 9.80. The first-order chi connectivity index (χ1) is 9.82. The maximum atomic E-state index is 9.80. The van der Waals surface area contributed by atoms with E-state index in [1.54, 1.807) is 0 Å². The number of rotatable bonds is 2. The summed E-state index contributed by atoms with van der Waals surface area (Å²) in [6, 6.07) is 10.5. The van der Waals surface area contributed by atoms with Crippen LogP contribution in [0.5, 0.6) is 0 Å². The van der Waals surface area contributed by atoms with Gasteiger partial charge in [-0.05, 0) is 24.8 Å². The molecule has 0 spiro atoms. The van der Waals surface area contributed by atoms with Gasteiger partial charge >= 0.3 is 0 Å². The zero-order chi connectivity index (χ0) is 13.6. The van der Waals surface area contributed by atoms with Crippen LogP contribution in [0, 0.1) is 5.41 Å². The summed E-state index contributed by atoms with van der Waals surface area (Å²) in [6.45, 7) is 0.869. The molecule has 0 amide bonds. The molecular formula is C17H22O3. The molecule has 108 valence electrons. The number of ether oxygens (including phenoxy) is 2. The lowest BCUT2D eigenvalue weighted by atomic mass is 9.59. The molecule has 3 heteroatoms. The standard InChI is InChI=1S/C17H22O3/c18-12-14-17-9-5-4-8-16(17,10-11-19-17)15(20-14)13-6-2-1-3-7-13/h1-3,6-7,14-15,18H,4-5,8-12H2/t14-,15+,16-,17+/m0/s1. The second kappa shape index (κ2) is 4.55. The monoisotopic (exact) mass is 274 g/mol. The Morgan fingerprint density at radius 3 is 2.70 bits per heavy atom. The van der Waals surface area contributed by atoms with Gasteiger partial charge in [0, 0.05) is 12.0 Å². The molecule has 1 N–H and O–H groups in total. The maximum Gasteiger partial charge on any atom is 0.111 e. The fourth-order valence-corrected chi connectivity index (χ4v) is 4.94. The van der Waals surface area contributed by atoms with Crippen molar-refractivity contribution in [1.29, 1.82) is 0 Å². The van der Waals surface area contributed by atoms with Crippen molar-refractivity contribution < 1.29 is 14.6 Å². The van der Waals surface area contributed by atoms with Gasteiger partial charge in [0.15, 0.2) is 0 Å². The van der Waals surface area contributed by atoms with Crippen LogP contribution in [0.3, 0.4) is 0 Å². The smallest absolute Gasteiger partial charge is 0.111 e. The van der Waals surface area contributed by atoms with Crippen molar-refractivity contribution in [3.8, 4) is 0 Å². The lowest BCUT2D eigenvalue weighted by Gasteiger charge is -2.45. The maximum absolute atomic E-state index is 9.80. The molecule has 1 aromatic carbocycles. The second-order valence-corrected chi connectivity index (χ2v) is 6.45. The minimum absolute atomic E-state index is 0.0606. The van der Waals surface area contributed by atoms with Crippen molar-refractivity contribution in [1.82, 2.24) is 0 Å². The van der Waals surface area contributed by atoms with Crippen molar-refractivity contribution in [3.05, 3.63) is 35.9 Å². The molecule has 1 saturated carbocycles. The molecule has 2 aliphatic heterocycles. The van der Waals surface area contributed by atoms with Crippen LogP contribution in [0.4, 0.5) is 0 Å². The van der Waals surface area contributed by atoms with Crippen molar-refractivity contribution in [2.45, 2.75) is 49.9 Å². The minimum atomic E-state index is -0.249. The first-order valence-electron chi connectivity index (χ1n) is 7.78. The molecule has 4 atom stereocenters. The first kappa shape index (κ1) is 12.8. The fraction of sp³-hybridized carbons (Fsp3) is 0.647. The Kier molecular flexibility index (Phi) is 2.92. The molecule has 3 aliphatic rings. The molecule has 0 bridgehead atoms. The Morgan fingerprint density at radius 2 is 1.90 bits per heavy atom. The quantitative estimate of drug-likeness (QED) is 0.901. The summed E-state index contributed by atoms with van der Waals surface area (Å²) < 4.78 is 12.5. The van der Waals surface area contributed by atoms with E-state index in [4.69, 9.17) is 9.47 Å². The molecular weight excluding hydrogens is 252 g/mol. The Balaban J connectivity index is 1.82. The average molecular weight is 274 g/mol. The van der Waals surface area contributed by atoms with E-state index in [1.807, 2.05) is 6.07 Å². The van der Waals surface area contributed by atoms with E-state index >= 15 is 0 Å². The van der Waals surface area contributed by atoms with Crippen LogP contribution in [-0.4, -0.2) is 30.0 Å². The SMILES string of the molecule is OC[C@@H]1O[C@H](c2ccccc2)[C@@]23CCCC[C@@]12OCC3. The van der Waals surface area contributed by atoms with Crippen LogP contribution in [0.25, 0.3) is 0 Å². The largest absolute Gasteiger partial charge is 0.394 e. The van der Waals surface area contributed by atoms with E-state index in [1.165, 1.54) is 18.4 Å². The molecule has 0 radical (unpaired) electrons. The highest BCUT2D eigenvalue weighted by Gasteiger charge is 2.70. The zero-order valence-corrected chi connectivity index (χ0v) is 11.8. The molecule has 2 heterocycles. The molecule has 2 saturated heterocycles. The van der Waals surface area contributed by atoms with Crippen molar-refractivity contribution in [3.63, 3.8) is 0 Å². The van der Waals surface area contributed by atoms with Gasteiger partial charge in [0.1, 0.15) is 11.7 Å². The lowest BCUT2D eigenvalue weighted by molar-refractivity contribution is -0.115. The third kappa shape index (κ3) is 1.46. The van der Waals surface area contributed by atoms with Crippen molar-refractivity contribution in [2.24, 2.45) is 5.41 Å². The predicted octanol–water partition coefficient (Wildman–Crippen LogP) is 2.84. The van der Waals surface area contributed by atoms with E-state index in [9.17, 15) is 5.11 Å². The van der Waals surface area contributed by atoms with Gasteiger partial charge in [-0.3, -0.25) is 0 Å². The predicted molar refractivity (Wildman–Crippen MR) is 75.3 cm³/mol. The van der Waals surface area contributed by atoms with Gasteiger partial charge in [0.25, 0.3) is 0 Å². The van der Waals surface area contributed by atoms with Crippen LogP contribution in [0.1, 0.15) is 43.8 Å². The molecule has 4 rings (SSSR count). The molecule has 1 aromatic rings. The number of hydrogen-bond donors (Lipinski definition) is 1. The van der Waals surface area contributed by atoms with E-state index in [0.717, 1.165) is 25.9 Å². The lowest BCUT2D eigenvalue weighted by Crippen LogP contribution is -2.52. The summed E-state index contributed by atoms with van der Waals surface area (Å²) in [5.74, 6) is 0. The van der Waals surface area contributed by atoms with Crippen LogP contribution in [0.2, 0.25) is 0 Å². The average Bonchev–Trinajstić information content (AvgIpc) is 3.01. The van der Waals surface area contributed by atoms with Crippen LogP contribution in [0.15, 0.2) is 30.3 Å². The molecule has 20 heavy (non-hydrogen) atoms. The molecule has 3 nitrogen and oxygen atoms in total. The Morgan fingerprint density at radius 1 is 1.10 bits per heavy atom. The highest BCUT2D eigenvalue weighted by molar-refractivity contribution is 5.28. The number of aliphatic hydroxyl groups excluding tert-OH is 1. The second-order valence-electron chi connectivity index (χ2n) is 6.45. The summed E-state index contributed by atoms with van der Waals surface area (Å²) in [5.41, 5.74) is 1.06. The van der Waals surface area contributed by atoms with E-state index in [-0.39, 0.29) is 29.8 Å². The van der Waals surface area contributed by atoms with Crippen LogP contribution >= 0.6 is 0 Å². The molecule has 3 fully saturated rings. The van der Waals surface area contributed by atoms with Gasteiger partial charge < -0.3 is 14.6 Å². The molecule has 1 aliphatic carbocycles. The van der Waals surface area contributed by atoms with Gasteiger partial charge in [0.05, 0.1) is 12.7 Å². The molecule has 0 aromatic heterocycles. The van der Waals surface area contributed by atoms with E-state index < -0.39 is 0 Å². The Bertz CT molecular complexity index is 488. The van der Waals surface area contributed by atoms with Crippen LogP contribution < -0.4 is 0 Å². The van der Waals surface area contributed by atoms with Gasteiger partial charge in [-0.2, -0.15) is 0 Å². The number of aliphatic hydroxyl groups is 1. The first-order valence-corrected chi connectivity index (χ1v) is 7.78. The third-order valence-electron chi connectivity index (χ3n) is 5.76. The van der Waals surface area contributed by atoms with E-state index in [2.05, 4.69) is 24.3 Å². The summed E-state index contributed by atoms with van der Waals surface area (Å²) in [6.07, 6.45) is 5.58. The summed E-state index contributed by atoms with van der Waals surface area (Å²) in [7, 11) is 0. The van der Waals surface area contributed by atoms with E-state index in [0.29, 0.717) is 0 Å². The van der Waals surface area contributed by atoms with Gasteiger partial charge in [-0.15, -0.1) is 0 Å². The van der Waals surface area contributed by atoms with Crippen LogP contribution in [-0.2, 0) is 9.47 Å². The Labute approximate surface area is 119 Å². The summed E-state index contributed by atoms with van der Waals surface area (Å²) in [4.78, 5) is 0. The van der Waals surface area contributed by atoms with Crippen molar-refractivity contribution >= 4 is 0 Å². The fourth-order valence-electron chi connectivity index (χ4n) is 4.94. The van der Waals surface area contributed by atoms with Gasteiger partial charge in [-0.1, -0.05) is 43.2 Å². The normalized spacial score (nSPS) is 43.2. The zero-order valence-electron chi connectivity index (χ0n) is 11.8. The topological polar surface area (TPSA) is 38.7 Å². The summed E-state index contributed by atoms with van der Waals surface area (Å²) >= 11 is 0.